The summed E-state index contributed by atoms with van der Waals surface area (Å²) in [7, 11) is 0. The van der Waals surface area contributed by atoms with Crippen LogP contribution in [0.2, 0.25) is 0 Å². The molecule has 0 aliphatic carbocycles. The van der Waals surface area contributed by atoms with Gasteiger partial charge in [0.05, 0.1) is 0 Å². The van der Waals surface area contributed by atoms with Gasteiger partial charge in [-0.15, -0.1) is 0 Å². The van der Waals surface area contributed by atoms with Crippen LogP contribution in [0.4, 0.5) is 0 Å². The summed E-state index contributed by atoms with van der Waals surface area (Å²) >= 11 is 0. The highest BCUT2D eigenvalue weighted by atomic mass is 16.6. The first-order chi connectivity index (χ1) is 9.24. The van der Waals surface area contributed by atoms with Gasteiger partial charge in [-0.25, -0.2) is 0 Å². The van der Waals surface area contributed by atoms with Crippen LogP contribution in [0.3, 0.4) is 0 Å². The van der Waals surface area contributed by atoms with Gasteiger partial charge in [0, 0.05) is 13.5 Å². The molecule has 3 nitrogen and oxygen atoms in total. The maximum Gasteiger partial charge on any atom is 0.303 e. The van der Waals surface area contributed by atoms with Crippen LogP contribution in [0.25, 0.3) is 0 Å². The van der Waals surface area contributed by atoms with E-state index >= 15 is 0 Å². The van der Waals surface area contributed by atoms with Gasteiger partial charge in [-0.1, -0.05) is 11.8 Å². The highest BCUT2D eigenvalue weighted by Gasteiger charge is 2.26. The van der Waals surface area contributed by atoms with Crippen molar-refractivity contribution < 1.29 is 14.3 Å². The van der Waals surface area contributed by atoms with E-state index in [1.165, 1.54) is 6.92 Å². The topological polar surface area (TPSA) is 35.5 Å². The van der Waals surface area contributed by atoms with E-state index in [0.717, 1.165) is 12.8 Å². The molecule has 1 fully saturated rings. The number of allylic oxidation sites excluding steroid dienone is 1. The summed E-state index contributed by atoms with van der Waals surface area (Å²) < 4.78 is 10.8. The van der Waals surface area contributed by atoms with Crippen molar-refractivity contribution in [2.75, 3.05) is 6.61 Å². The van der Waals surface area contributed by atoms with Crippen LogP contribution >= 0.6 is 0 Å². The lowest BCUT2D eigenvalue weighted by Gasteiger charge is -2.28. The fraction of sp³-hybridized carbons (Fsp3) is 0.438. The SMILES string of the molecule is CC#CC#CC#C/C=C/[C@H]1OCCC[C@H]1OC(C)=O. The first-order valence-electron chi connectivity index (χ1n) is 6.12. The molecule has 19 heavy (non-hydrogen) atoms. The molecule has 1 saturated heterocycles. The Morgan fingerprint density at radius 2 is 2.11 bits per heavy atom. The van der Waals surface area contributed by atoms with E-state index in [2.05, 4.69) is 35.5 Å². The summed E-state index contributed by atoms with van der Waals surface area (Å²) in [6, 6.07) is 0. The monoisotopic (exact) mass is 256 g/mol. The number of carbonyl (C=O) groups is 1. The zero-order valence-electron chi connectivity index (χ0n) is 11.2. The molecule has 0 unspecified atom stereocenters. The zero-order valence-corrected chi connectivity index (χ0v) is 11.2. The van der Waals surface area contributed by atoms with Gasteiger partial charge in [-0.2, -0.15) is 0 Å². The molecule has 0 bridgehead atoms. The minimum absolute atomic E-state index is 0.221. The Hall–Kier alpha value is -2.15. The van der Waals surface area contributed by atoms with Crippen molar-refractivity contribution in [3.8, 4) is 35.5 Å². The van der Waals surface area contributed by atoms with Crippen LogP contribution in [-0.2, 0) is 14.3 Å². The standard InChI is InChI=1S/C16H16O3/c1-3-4-5-6-7-8-9-11-15-16(19-14(2)17)12-10-13-18-15/h9,11,15-16H,10,12-13H2,1-2H3/b11-9+/t15-,16-/m1/s1. The third kappa shape index (κ3) is 6.37. The fourth-order valence-corrected chi connectivity index (χ4v) is 1.64. The molecule has 1 aliphatic heterocycles. The molecule has 0 amide bonds. The fourth-order valence-electron chi connectivity index (χ4n) is 1.64. The maximum atomic E-state index is 11.0. The van der Waals surface area contributed by atoms with Crippen molar-refractivity contribution in [3.05, 3.63) is 12.2 Å². The summed E-state index contributed by atoms with van der Waals surface area (Å²) in [6.45, 7) is 3.79. The highest BCUT2D eigenvalue weighted by Crippen LogP contribution is 2.18. The predicted octanol–water partition coefficient (Wildman–Crippen LogP) is 1.68. The van der Waals surface area contributed by atoms with Gasteiger partial charge in [-0.05, 0) is 55.6 Å². The molecule has 0 saturated carbocycles. The van der Waals surface area contributed by atoms with E-state index in [1.54, 1.807) is 19.1 Å². The number of ether oxygens (including phenoxy) is 2. The second-order valence-electron chi connectivity index (χ2n) is 3.88. The van der Waals surface area contributed by atoms with Gasteiger partial charge in [0.15, 0.2) is 0 Å². The van der Waals surface area contributed by atoms with Gasteiger partial charge >= 0.3 is 5.97 Å². The predicted molar refractivity (Wildman–Crippen MR) is 72.7 cm³/mol. The summed E-state index contributed by atoms with van der Waals surface area (Å²) in [6.07, 6.45) is 4.73. The van der Waals surface area contributed by atoms with E-state index in [9.17, 15) is 4.79 Å². The molecule has 0 spiro atoms. The zero-order chi connectivity index (χ0) is 13.9. The largest absolute Gasteiger partial charge is 0.459 e. The lowest BCUT2D eigenvalue weighted by Crippen LogP contribution is -2.35. The van der Waals surface area contributed by atoms with Gasteiger partial charge < -0.3 is 9.47 Å². The van der Waals surface area contributed by atoms with Crippen LogP contribution in [0.1, 0.15) is 26.7 Å². The number of hydrogen-bond acceptors (Lipinski definition) is 3. The van der Waals surface area contributed by atoms with Gasteiger partial charge in [0.2, 0.25) is 0 Å². The Bertz CT molecular complexity index is 511. The number of carbonyl (C=O) groups excluding carboxylic acids is 1. The molecule has 0 radical (unpaired) electrons. The Kier molecular flexibility index (Phi) is 6.96. The van der Waals surface area contributed by atoms with Crippen molar-refractivity contribution in [2.45, 2.75) is 38.9 Å². The average molecular weight is 256 g/mol. The molecule has 1 aliphatic rings. The highest BCUT2D eigenvalue weighted by molar-refractivity contribution is 5.66. The second kappa shape index (κ2) is 8.87. The summed E-state index contributed by atoms with van der Waals surface area (Å²) in [4.78, 5) is 11.0. The Morgan fingerprint density at radius 3 is 2.84 bits per heavy atom. The second-order valence-corrected chi connectivity index (χ2v) is 3.88. The average Bonchev–Trinajstić information content (AvgIpc) is 2.39. The molecule has 1 rings (SSSR count). The molecule has 0 aromatic heterocycles. The minimum atomic E-state index is -0.288. The molecular weight excluding hydrogens is 240 g/mol. The lowest BCUT2D eigenvalue weighted by molar-refractivity contribution is -0.157. The van der Waals surface area contributed by atoms with Gasteiger partial charge in [0.25, 0.3) is 0 Å². The summed E-state index contributed by atoms with van der Waals surface area (Å²) in [5, 5.41) is 0. The van der Waals surface area contributed by atoms with E-state index in [0.29, 0.717) is 6.61 Å². The maximum absolute atomic E-state index is 11.0. The Balaban J connectivity index is 2.54. The van der Waals surface area contributed by atoms with E-state index in [-0.39, 0.29) is 18.2 Å². The van der Waals surface area contributed by atoms with Crippen LogP contribution in [0, 0.1) is 35.5 Å². The smallest absolute Gasteiger partial charge is 0.303 e. The van der Waals surface area contributed by atoms with Crippen molar-refractivity contribution in [1.82, 2.24) is 0 Å². The normalized spacial score (nSPS) is 21.2. The number of hydrogen-bond donors (Lipinski definition) is 0. The van der Waals surface area contributed by atoms with Crippen LogP contribution < -0.4 is 0 Å². The van der Waals surface area contributed by atoms with E-state index < -0.39 is 0 Å². The van der Waals surface area contributed by atoms with Crippen LogP contribution in [0.15, 0.2) is 12.2 Å². The lowest BCUT2D eigenvalue weighted by atomic mass is 10.1. The molecule has 2 atom stereocenters. The molecule has 98 valence electrons. The molecular formula is C16H16O3. The van der Waals surface area contributed by atoms with Crippen molar-refractivity contribution in [1.29, 1.82) is 0 Å². The molecule has 0 N–H and O–H groups in total. The summed E-state index contributed by atoms with van der Waals surface area (Å²) in [5.74, 6) is 15.6. The third-order valence-electron chi connectivity index (χ3n) is 2.38. The molecule has 0 aromatic rings. The molecule has 3 heteroatoms. The minimum Gasteiger partial charge on any atom is -0.459 e. The van der Waals surface area contributed by atoms with Crippen LogP contribution in [-0.4, -0.2) is 24.8 Å². The first kappa shape index (κ1) is 14.9. The number of rotatable bonds is 2. The van der Waals surface area contributed by atoms with Crippen molar-refractivity contribution in [3.63, 3.8) is 0 Å². The quantitative estimate of drug-likeness (QED) is 0.557. The van der Waals surface area contributed by atoms with E-state index in [4.69, 9.17) is 9.47 Å². The summed E-state index contributed by atoms with van der Waals surface area (Å²) in [5.41, 5.74) is 0. The van der Waals surface area contributed by atoms with Crippen molar-refractivity contribution in [2.24, 2.45) is 0 Å². The van der Waals surface area contributed by atoms with Gasteiger partial charge in [-0.3, -0.25) is 4.79 Å². The Morgan fingerprint density at radius 1 is 1.32 bits per heavy atom. The Labute approximate surface area is 114 Å². The molecule has 1 heterocycles. The third-order valence-corrected chi connectivity index (χ3v) is 2.38. The molecule has 0 aromatic carbocycles. The van der Waals surface area contributed by atoms with Crippen LogP contribution in [0.5, 0.6) is 0 Å². The van der Waals surface area contributed by atoms with E-state index in [1.807, 2.05) is 0 Å². The first-order valence-corrected chi connectivity index (χ1v) is 6.12. The van der Waals surface area contributed by atoms with Crippen molar-refractivity contribution >= 4 is 5.97 Å². The number of esters is 1. The van der Waals surface area contributed by atoms with Gasteiger partial charge in [0.1, 0.15) is 12.2 Å².